The van der Waals surface area contributed by atoms with Gasteiger partial charge in [0.1, 0.15) is 5.82 Å². The molecule has 1 aliphatic heterocycles. The maximum absolute atomic E-state index is 13.6. The van der Waals surface area contributed by atoms with Crippen LogP contribution >= 0.6 is 0 Å². The molecule has 0 aromatic heterocycles. The molecule has 0 radical (unpaired) electrons. The summed E-state index contributed by atoms with van der Waals surface area (Å²) in [5, 5.41) is 3.39. The highest BCUT2D eigenvalue weighted by Crippen LogP contribution is 2.25. The predicted molar refractivity (Wildman–Crippen MR) is 87.3 cm³/mol. The van der Waals surface area contributed by atoms with Crippen LogP contribution in [-0.4, -0.2) is 44.2 Å². The van der Waals surface area contributed by atoms with E-state index in [-0.39, 0.29) is 5.82 Å². The van der Waals surface area contributed by atoms with Gasteiger partial charge in [-0.25, -0.2) is 4.39 Å². The van der Waals surface area contributed by atoms with E-state index in [1.165, 1.54) is 19.4 Å². The monoisotopic (exact) mass is 293 g/mol. The lowest BCUT2D eigenvalue weighted by atomic mass is 10.0. The van der Waals surface area contributed by atoms with E-state index in [1.54, 1.807) is 12.1 Å². The van der Waals surface area contributed by atoms with Crippen molar-refractivity contribution in [1.29, 1.82) is 0 Å². The molecule has 0 spiro atoms. The maximum atomic E-state index is 13.6. The number of likely N-dealkylation sites (N-methyl/N-ethyl adjacent to an activating group) is 2. The molecule has 118 valence electrons. The third kappa shape index (κ3) is 4.42. The highest BCUT2D eigenvalue weighted by atomic mass is 19.1. The average Bonchev–Trinajstić information content (AvgIpc) is 2.44. The minimum Gasteiger partial charge on any atom is -0.370 e. The Balaban J connectivity index is 2.16. The lowest BCUT2D eigenvalue weighted by Crippen LogP contribution is -2.45. The SMILES string of the molecule is CC(C)NCc1cc(F)ccc1N(C)C1CCCN(C)C1. The minimum atomic E-state index is -0.159. The molecule has 0 saturated carbocycles. The summed E-state index contributed by atoms with van der Waals surface area (Å²) in [7, 11) is 4.31. The van der Waals surface area contributed by atoms with Gasteiger partial charge in [0, 0.05) is 37.9 Å². The zero-order valence-electron chi connectivity index (χ0n) is 13.7. The number of anilines is 1. The number of likely N-dealkylation sites (tertiary alicyclic amines) is 1. The standard InChI is InChI=1S/C17H28FN3/c1-13(2)19-11-14-10-15(18)7-8-17(14)21(4)16-6-5-9-20(3)12-16/h7-8,10,13,16,19H,5-6,9,11-12H2,1-4H3. The van der Waals surface area contributed by atoms with Gasteiger partial charge in [0.15, 0.2) is 0 Å². The van der Waals surface area contributed by atoms with Gasteiger partial charge in [0.2, 0.25) is 0 Å². The highest BCUT2D eigenvalue weighted by Gasteiger charge is 2.22. The summed E-state index contributed by atoms with van der Waals surface area (Å²) in [5.41, 5.74) is 2.18. The quantitative estimate of drug-likeness (QED) is 0.900. The molecule has 1 aromatic carbocycles. The topological polar surface area (TPSA) is 18.5 Å². The van der Waals surface area contributed by atoms with Crippen LogP contribution in [0.1, 0.15) is 32.3 Å². The third-order valence-corrected chi connectivity index (χ3v) is 4.27. The summed E-state index contributed by atoms with van der Waals surface area (Å²) in [6, 6.07) is 6.05. The van der Waals surface area contributed by atoms with Crippen molar-refractivity contribution in [2.75, 3.05) is 32.1 Å². The fraction of sp³-hybridized carbons (Fsp3) is 0.647. The Morgan fingerprint density at radius 1 is 1.43 bits per heavy atom. The van der Waals surface area contributed by atoms with Crippen molar-refractivity contribution in [1.82, 2.24) is 10.2 Å². The normalized spacial score (nSPS) is 20.0. The van der Waals surface area contributed by atoms with E-state index in [9.17, 15) is 4.39 Å². The second kappa shape index (κ2) is 7.23. The summed E-state index contributed by atoms with van der Waals surface area (Å²) >= 11 is 0. The average molecular weight is 293 g/mol. The first-order valence-electron chi connectivity index (χ1n) is 7.90. The van der Waals surface area contributed by atoms with Crippen molar-refractivity contribution in [3.05, 3.63) is 29.6 Å². The molecule has 1 heterocycles. The Morgan fingerprint density at radius 3 is 2.86 bits per heavy atom. The smallest absolute Gasteiger partial charge is 0.123 e. The van der Waals surface area contributed by atoms with Crippen LogP contribution in [0.15, 0.2) is 18.2 Å². The van der Waals surface area contributed by atoms with E-state index in [4.69, 9.17) is 0 Å². The van der Waals surface area contributed by atoms with Gasteiger partial charge in [-0.2, -0.15) is 0 Å². The van der Waals surface area contributed by atoms with Gasteiger partial charge in [0.05, 0.1) is 0 Å². The molecular formula is C17H28FN3. The van der Waals surface area contributed by atoms with E-state index in [1.807, 2.05) is 6.07 Å². The molecule has 1 N–H and O–H groups in total. The molecule has 2 rings (SSSR count). The molecule has 4 heteroatoms. The summed E-state index contributed by atoms with van der Waals surface area (Å²) < 4.78 is 13.6. The molecule has 21 heavy (non-hydrogen) atoms. The summed E-state index contributed by atoms with van der Waals surface area (Å²) in [4.78, 5) is 4.70. The van der Waals surface area contributed by atoms with E-state index >= 15 is 0 Å². The molecule has 0 aliphatic carbocycles. The zero-order valence-corrected chi connectivity index (χ0v) is 13.7. The van der Waals surface area contributed by atoms with E-state index in [0.717, 1.165) is 17.8 Å². The maximum Gasteiger partial charge on any atom is 0.123 e. The Hall–Kier alpha value is -1.13. The number of nitrogens with zero attached hydrogens (tertiary/aromatic N) is 2. The molecule has 1 unspecified atom stereocenters. The van der Waals surface area contributed by atoms with Gasteiger partial charge in [-0.1, -0.05) is 13.8 Å². The van der Waals surface area contributed by atoms with Crippen molar-refractivity contribution in [3.8, 4) is 0 Å². The molecule has 0 bridgehead atoms. The Bertz CT molecular complexity index is 461. The zero-order chi connectivity index (χ0) is 15.4. The van der Waals surface area contributed by atoms with Crippen LogP contribution in [0.25, 0.3) is 0 Å². The molecule has 1 saturated heterocycles. The van der Waals surface area contributed by atoms with E-state index in [2.05, 4.69) is 43.1 Å². The van der Waals surface area contributed by atoms with Gasteiger partial charge in [-0.3, -0.25) is 0 Å². The highest BCUT2D eigenvalue weighted by molar-refractivity contribution is 5.54. The first kappa shape index (κ1) is 16.2. The van der Waals surface area contributed by atoms with Gasteiger partial charge in [0.25, 0.3) is 0 Å². The molecule has 1 atom stereocenters. The third-order valence-electron chi connectivity index (χ3n) is 4.27. The fourth-order valence-corrected chi connectivity index (χ4v) is 3.01. The van der Waals surface area contributed by atoms with E-state index < -0.39 is 0 Å². The number of hydrogen-bond acceptors (Lipinski definition) is 3. The van der Waals surface area contributed by atoms with Crippen molar-refractivity contribution < 1.29 is 4.39 Å². The Labute approximate surface area is 128 Å². The molecule has 3 nitrogen and oxygen atoms in total. The number of benzene rings is 1. The van der Waals surface area contributed by atoms with Gasteiger partial charge >= 0.3 is 0 Å². The minimum absolute atomic E-state index is 0.159. The van der Waals surface area contributed by atoms with Crippen LogP contribution in [0, 0.1) is 5.82 Å². The Kier molecular flexibility index (Phi) is 5.59. The van der Waals surface area contributed by atoms with Crippen LogP contribution in [0.3, 0.4) is 0 Å². The molecular weight excluding hydrogens is 265 g/mol. The van der Waals surface area contributed by atoms with Crippen molar-refractivity contribution in [2.45, 2.75) is 45.3 Å². The number of hydrogen-bond donors (Lipinski definition) is 1. The Morgan fingerprint density at radius 2 is 2.19 bits per heavy atom. The number of halogens is 1. The summed E-state index contributed by atoms with van der Waals surface area (Å²) in [5.74, 6) is -0.159. The first-order chi connectivity index (χ1) is 9.97. The number of nitrogens with one attached hydrogen (secondary N) is 1. The second-order valence-corrected chi connectivity index (χ2v) is 6.48. The predicted octanol–water partition coefficient (Wildman–Crippen LogP) is 2.85. The first-order valence-corrected chi connectivity index (χ1v) is 7.90. The van der Waals surface area contributed by atoms with E-state index in [0.29, 0.717) is 18.6 Å². The molecule has 1 fully saturated rings. The lowest BCUT2D eigenvalue weighted by Gasteiger charge is -2.38. The van der Waals surface area contributed by atoms with Crippen molar-refractivity contribution >= 4 is 5.69 Å². The molecule has 0 amide bonds. The van der Waals surface area contributed by atoms with Gasteiger partial charge < -0.3 is 15.1 Å². The van der Waals surface area contributed by atoms with Crippen molar-refractivity contribution in [2.24, 2.45) is 0 Å². The lowest BCUT2D eigenvalue weighted by molar-refractivity contribution is 0.248. The van der Waals surface area contributed by atoms with Crippen LogP contribution < -0.4 is 10.2 Å². The summed E-state index contributed by atoms with van der Waals surface area (Å²) in [6.45, 7) is 7.18. The molecule has 1 aliphatic rings. The number of piperidine rings is 1. The number of rotatable bonds is 5. The van der Waals surface area contributed by atoms with Crippen LogP contribution in [0.5, 0.6) is 0 Å². The van der Waals surface area contributed by atoms with Gasteiger partial charge in [-0.05, 0) is 50.2 Å². The fourth-order valence-electron chi connectivity index (χ4n) is 3.01. The van der Waals surface area contributed by atoms with Crippen molar-refractivity contribution in [3.63, 3.8) is 0 Å². The molecule has 1 aromatic rings. The van der Waals surface area contributed by atoms with Crippen LogP contribution in [0.4, 0.5) is 10.1 Å². The van der Waals surface area contributed by atoms with Crippen LogP contribution in [-0.2, 0) is 6.54 Å². The summed E-state index contributed by atoms with van der Waals surface area (Å²) in [6.07, 6.45) is 2.43. The second-order valence-electron chi connectivity index (χ2n) is 6.48. The van der Waals surface area contributed by atoms with Gasteiger partial charge in [-0.15, -0.1) is 0 Å². The van der Waals surface area contributed by atoms with Crippen LogP contribution in [0.2, 0.25) is 0 Å². The largest absolute Gasteiger partial charge is 0.370 e.